The summed E-state index contributed by atoms with van der Waals surface area (Å²) in [6.45, 7) is 2.56. The number of nitrogens with one attached hydrogen (secondary N) is 1. The smallest absolute Gasteiger partial charge is 0.226 e. The minimum Gasteiger partial charge on any atom is -0.496 e. The van der Waals surface area contributed by atoms with Gasteiger partial charge in [-0.1, -0.05) is 19.1 Å². The minimum atomic E-state index is -0.0690. The van der Waals surface area contributed by atoms with Crippen LogP contribution in [-0.2, 0) is 11.3 Å². The van der Waals surface area contributed by atoms with E-state index >= 15 is 0 Å². The van der Waals surface area contributed by atoms with E-state index in [-0.39, 0.29) is 17.9 Å². The molecule has 140 valence electrons. The van der Waals surface area contributed by atoms with Crippen LogP contribution in [0.15, 0.2) is 48.7 Å². The molecule has 0 radical (unpaired) electrons. The SMILES string of the molecule is COc1cccc(OC)c1C1CC(C)C(=O)N1Cc1ccc2[nH]ccc2c1. The van der Waals surface area contributed by atoms with Crippen LogP contribution in [0, 0.1) is 5.92 Å². The Balaban J connectivity index is 1.73. The standard InChI is InChI=1S/C22H24N2O3/c1-14-11-18(21-19(26-2)5-4-6-20(21)27-3)24(22(14)25)13-15-7-8-17-16(12-15)9-10-23-17/h4-10,12,14,18,23H,11,13H2,1-3H3. The fraction of sp³-hybridized carbons (Fsp3) is 0.318. The summed E-state index contributed by atoms with van der Waals surface area (Å²) in [5.41, 5.74) is 3.16. The first-order valence-electron chi connectivity index (χ1n) is 9.19. The van der Waals surface area contributed by atoms with Gasteiger partial charge in [0.25, 0.3) is 0 Å². The van der Waals surface area contributed by atoms with Gasteiger partial charge in [-0.25, -0.2) is 0 Å². The lowest BCUT2D eigenvalue weighted by Gasteiger charge is -2.28. The highest BCUT2D eigenvalue weighted by atomic mass is 16.5. The largest absolute Gasteiger partial charge is 0.496 e. The minimum absolute atomic E-state index is 0.0272. The van der Waals surface area contributed by atoms with E-state index in [9.17, 15) is 4.79 Å². The molecule has 5 nitrogen and oxygen atoms in total. The lowest BCUT2D eigenvalue weighted by Crippen LogP contribution is -2.29. The lowest BCUT2D eigenvalue weighted by molar-refractivity contribution is -0.132. The van der Waals surface area contributed by atoms with E-state index in [1.165, 1.54) is 0 Å². The number of amides is 1. The van der Waals surface area contributed by atoms with Crippen molar-refractivity contribution in [2.24, 2.45) is 5.92 Å². The van der Waals surface area contributed by atoms with Gasteiger partial charge in [-0.05, 0) is 47.7 Å². The second-order valence-electron chi connectivity index (χ2n) is 7.09. The summed E-state index contributed by atoms with van der Waals surface area (Å²) in [5, 5.41) is 1.15. The number of methoxy groups -OCH3 is 2. The van der Waals surface area contributed by atoms with Crippen molar-refractivity contribution in [3.8, 4) is 11.5 Å². The highest BCUT2D eigenvalue weighted by molar-refractivity contribution is 5.83. The second kappa shape index (κ2) is 6.99. The molecule has 1 amide bonds. The second-order valence-corrected chi connectivity index (χ2v) is 7.09. The molecule has 3 aromatic rings. The highest BCUT2D eigenvalue weighted by Gasteiger charge is 2.40. The summed E-state index contributed by atoms with van der Waals surface area (Å²) in [4.78, 5) is 18.1. The van der Waals surface area contributed by atoms with Crippen LogP contribution in [0.3, 0.4) is 0 Å². The number of fused-ring (bicyclic) bond motifs is 1. The van der Waals surface area contributed by atoms with Crippen molar-refractivity contribution >= 4 is 16.8 Å². The van der Waals surface area contributed by atoms with Crippen LogP contribution in [0.5, 0.6) is 11.5 Å². The van der Waals surface area contributed by atoms with Gasteiger partial charge in [-0.2, -0.15) is 0 Å². The molecule has 0 saturated carbocycles. The molecule has 27 heavy (non-hydrogen) atoms. The van der Waals surface area contributed by atoms with Crippen LogP contribution < -0.4 is 9.47 Å². The zero-order valence-corrected chi connectivity index (χ0v) is 15.9. The first kappa shape index (κ1) is 17.5. The number of hydrogen-bond donors (Lipinski definition) is 1. The third-order valence-electron chi connectivity index (χ3n) is 5.43. The molecule has 5 heteroatoms. The molecular weight excluding hydrogens is 340 g/mol. The van der Waals surface area contributed by atoms with Gasteiger partial charge < -0.3 is 19.4 Å². The van der Waals surface area contributed by atoms with Gasteiger partial charge in [0.05, 0.1) is 25.8 Å². The molecular formula is C22H24N2O3. The third-order valence-corrected chi connectivity index (χ3v) is 5.43. The van der Waals surface area contributed by atoms with Gasteiger partial charge in [0.1, 0.15) is 11.5 Å². The molecule has 2 atom stereocenters. The van der Waals surface area contributed by atoms with Crippen LogP contribution in [0.25, 0.3) is 10.9 Å². The number of ether oxygens (including phenoxy) is 2. The Hall–Kier alpha value is -2.95. The number of benzene rings is 2. The molecule has 0 bridgehead atoms. The Morgan fingerprint density at radius 2 is 1.85 bits per heavy atom. The summed E-state index contributed by atoms with van der Waals surface area (Å²) in [5.74, 6) is 1.66. The Morgan fingerprint density at radius 3 is 2.56 bits per heavy atom. The monoisotopic (exact) mass is 364 g/mol. The number of hydrogen-bond acceptors (Lipinski definition) is 3. The predicted molar refractivity (Wildman–Crippen MR) is 105 cm³/mol. The van der Waals surface area contributed by atoms with Crippen molar-refractivity contribution in [1.82, 2.24) is 9.88 Å². The topological polar surface area (TPSA) is 54.6 Å². The Labute approximate surface area is 158 Å². The maximum absolute atomic E-state index is 12.9. The maximum atomic E-state index is 12.9. The number of aromatic nitrogens is 1. The van der Waals surface area contributed by atoms with Gasteiger partial charge in [0.2, 0.25) is 5.91 Å². The molecule has 1 aliphatic heterocycles. The van der Waals surface area contributed by atoms with E-state index in [4.69, 9.17) is 9.47 Å². The van der Waals surface area contributed by atoms with Gasteiger partial charge in [0, 0.05) is 24.2 Å². The molecule has 1 N–H and O–H groups in total. The zero-order valence-electron chi connectivity index (χ0n) is 15.9. The van der Waals surface area contributed by atoms with E-state index in [2.05, 4.69) is 23.2 Å². The number of rotatable bonds is 5. The quantitative estimate of drug-likeness (QED) is 0.735. The van der Waals surface area contributed by atoms with Crippen LogP contribution in [0.1, 0.15) is 30.5 Å². The number of nitrogens with zero attached hydrogens (tertiary/aromatic N) is 1. The average molecular weight is 364 g/mol. The Morgan fingerprint density at radius 1 is 1.11 bits per heavy atom. The molecule has 2 aromatic carbocycles. The maximum Gasteiger partial charge on any atom is 0.226 e. The molecule has 0 aliphatic carbocycles. The van der Waals surface area contributed by atoms with Crippen molar-refractivity contribution in [1.29, 1.82) is 0 Å². The van der Waals surface area contributed by atoms with E-state index in [1.54, 1.807) is 14.2 Å². The van der Waals surface area contributed by atoms with Crippen molar-refractivity contribution < 1.29 is 14.3 Å². The molecule has 0 spiro atoms. The summed E-state index contributed by atoms with van der Waals surface area (Å²) < 4.78 is 11.2. The van der Waals surface area contributed by atoms with Crippen molar-refractivity contribution in [2.75, 3.05) is 14.2 Å². The van der Waals surface area contributed by atoms with Crippen LogP contribution in [0.4, 0.5) is 0 Å². The van der Waals surface area contributed by atoms with Crippen LogP contribution in [0.2, 0.25) is 0 Å². The van der Waals surface area contributed by atoms with Gasteiger partial charge in [-0.15, -0.1) is 0 Å². The summed E-state index contributed by atoms with van der Waals surface area (Å²) in [7, 11) is 3.31. The zero-order chi connectivity index (χ0) is 19.0. The molecule has 1 fully saturated rings. The number of aromatic amines is 1. The molecule has 4 rings (SSSR count). The normalized spacial score (nSPS) is 19.7. The van der Waals surface area contributed by atoms with E-state index in [1.807, 2.05) is 42.3 Å². The van der Waals surface area contributed by atoms with Crippen molar-refractivity contribution in [2.45, 2.75) is 25.9 Å². The first-order chi connectivity index (χ1) is 13.1. The molecule has 2 heterocycles. The van der Waals surface area contributed by atoms with E-state index in [0.717, 1.165) is 39.9 Å². The number of carbonyl (C=O) groups excluding carboxylic acids is 1. The fourth-order valence-corrected chi connectivity index (χ4v) is 4.07. The van der Waals surface area contributed by atoms with Crippen LogP contribution in [-0.4, -0.2) is 30.0 Å². The molecule has 1 aliphatic rings. The fourth-order valence-electron chi connectivity index (χ4n) is 4.07. The predicted octanol–water partition coefficient (Wildman–Crippen LogP) is 4.29. The number of carbonyl (C=O) groups is 1. The van der Waals surface area contributed by atoms with Gasteiger partial charge >= 0.3 is 0 Å². The molecule has 2 unspecified atom stereocenters. The number of likely N-dealkylation sites (tertiary alicyclic amines) is 1. The third kappa shape index (κ3) is 3.03. The van der Waals surface area contributed by atoms with E-state index < -0.39 is 0 Å². The summed E-state index contributed by atoms with van der Waals surface area (Å²) >= 11 is 0. The summed E-state index contributed by atoms with van der Waals surface area (Å²) in [6.07, 6.45) is 2.68. The lowest BCUT2D eigenvalue weighted by atomic mass is 9.98. The molecule has 1 aromatic heterocycles. The van der Waals surface area contributed by atoms with Crippen LogP contribution >= 0.6 is 0 Å². The summed E-state index contributed by atoms with van der Waals surface area (Å²) in [6, 6.07) is 14.0. The average Bonchev–Trinajstić information content (AvgIpc) is 3.26. The number of H-pyrrole nitrogens is 1. The Bertz CT molecular complexity index is 956. The van der Waals surface area contributed by atoms with Gasteiger partial charge in [0.15, 0.2) is 0 Å². The molecule has 1 saturated heterocycles. The van der Waals surface area contributed by atoms with Gasteiger partial charge in [-0.3, -0.25) is 4.79 Å². The Kier molecular flexibility index (Phi) is 4.52. The highest BCUT2D eigenvalue weighted by Crippen LogP contribution is 2.45. The van der Waals surface area contributed by atoms with Crippen molar-refractivity contribution in [3.63, 3.8) is 0 Å². The van der Waals surface area contributed by atoms with E-state index in [0.29, 0.717) is 6.54 Å². The first-order valence-corrected chi connectivity index (χ1v) is 9.19. The van der Waals surface area contributed by atoms with Crippen molar-refractivity contribution in [3.05, 3.63) is 59.8 Å².